The quantitative estimate of drug-likeness (QED) is 0.369. The zero-order valence-corrected chi connectivity index (χ0v) is 8.91. The Morgan fingerprint density at radius 1 is 1.47 bits per heavy atom. The molecule has 0 fully saturated rings. The van der Waals surface area contributed by atoms with Gasteiger partial charge in [-0.1, -0.05) is 12.1 Å². The highest BCUT2D eigenvalue weighted by molar-refractivity contribution is 5.82. The van der Waals surface area contributed by atoms with Crippen LogP contribution >= 0.6 is 0 Å². The predicted molar refractivity (Wildman–Crippen MR) is 63.0 cm³/mol. The lowest BCUT2D eigenvalue weighted by atomic mass is 10.2. The number of ether oxygens (including phenoxy) is 1. The molecular weight excluding hydrogens is 224 g/mol. The fourth-order valence-electron chi connectivity index (χ4n) is 0.992. The van der Waals surface area contributed by atoms with Crippen molar-refractivity contribution in [3.63, 3.8) is 0 Å². The van der Waals surface area contributed by atoms with Gasteiger partial charge in [0.05, 0.1) is 6.21 Å². The minimum Gasteiger partial charge on any atom is -0.482 e. The minimum atomic E-state index is -1.04. The molecule has 0 bridgehead atoms. The van der Waals surface area contributed by atoms with Gasteiger partial charge in [-0.05, 0) is 17.7 Å². The fraction of sp³-hybridized carbons (Fsp3) is 0.100. The number of carbonyl (C=O) groups is 1. The average Bonchev–Trinajstić information content (AvgIpc) is 2.26. The van der Waals surface area contributed by atoms with Crippen LogP contribution in [0.15, 0.2) is 34.5 Å². The van der Waals surface area contributed by atoms with Crippen LogP contribution in [0.4, 0.5) is 0 Å². The molecule has 0 saturated heterocycles. The van der Waals surface area contributed by atoms with Gasteiger partial charge < -0.3 is 21.3 Å². The first kappa shape index (κ1) is 12.5. The van der Waals surface area contributed by atoms with E-state index in [-0.39, 0.29) is 5.96 Å². The van der Waals surface area contributed by atoms with E-state index in [2.05, 4.69) is 10.2 Å². The van der Waals surface area contributed by atoms with E-state index in [1.54, 1.807) is 24.3 Å². The molecule has 0 saturated carbocycles. The fourth-order valence-corrected chi connectivity index (χ4v) is 0.992. The van der Waals surface area contributed by atoms with Crippen molar-refractivity contribution in [1.29, 1.82) is 0 Å². The molecule has 1 rings (SSSR count). The summed E-state index contributed by atoms with van der Waals surface area (Å²) in [7, 11) is 0. The average molecular weight is 236 g/mol. The number of carboxylic acid groups (broad SMARTS) is 1. The van der Waals surface area contributed by atoms with Crippen LogP contribution in [-0.2, 0) is 4.79 Å². The van der Waals surface area contributed by atoms with Gasteiger partial charge in [0.25, 0.3) is 0 Å². The molecule has 90 valence electrons. The van der Waals surface area contributed by atoms with E-state index in [0.717, 1.165) is 0 Å². The molecule has 0 aliphatic heterocycles. The lowest BCUT2D eigenvalue weighted by molar-refractivity contribution is -0.139. The van der Waals surface area contributed by atoms with E-state index in [1.165, 1.54) is 6.21 Å². The third kappa shape index (κ3) is 5.17. The second-order valence-electron chi connectivity index (χ2n) is 3.02. The Hall–Kier alpha value is -2.57. The van der Waals surface area contributed by atoms with Crippen molar-refractivity contribution in [2.24, 2.45) is 21.7 Å². The van der Waals surface area contributed by atoms with Gasteiger partial charge in [-0.3, -0.25) is 0 Å². The number of benzene rings is 1. The molecule has 0 aromatic heterocycles. The molecule has 5 N–H and O–H groups in total. The zero-order valence-electron chi connectivity index (χ0n) is 8.91. The lowest BCUT2D eigenvalue weighted by Crippen LogP contribution is -2.21. The number of nitrogens with zero attached hydrogens (tertiary/aromatic N) is 2. The van der Waals surface area contributed by atoms with Gasteiger partial charge in [0.2, 0.25) is 5.96 Å². The highest BCUT2D eigenvalue weighted by atomic mass is 16.5. The number of aliphatic carboxylic acids is 1. The second-order valence-corrected chi connectivity index (χ2v) is 3.02. The van der Waals surface area contributed by atoms with Gasteiger partial charge in [0.15, 0.2) is 6.61 Å². The Kier molecular flexibility index (Phi) is 4.49. The second kappa shape index (κ2) is 6.11. The summed E-state index contributed by atoms with van der Waals surface area (Å²) in [6.07, 6.45) is 1.42. The van der Waals surface area contributed by atoms with Crippen LogP contribution < -0.4 is 16.2 Å². The summed E-state index contributed by atoms with van der Waals surface area (Å²) < 4.78 is 4.99. The summed E-state index contributed by atoms with van der Waals surface area (Å²) in [6.45, 7) is -0.394. The van der Waals surface area contributed by atoms with Crippen molar-refractivity contribution >= 4 is 18.1 Å². The monoisotopic (exact) mass is 236 g/mol. The van der Waals surface area contributed by atoms with E-state index >= 15 is 0 Å². The molecule has 0 amide bonds. The van der Waals surface area contributed by atoms with Crippen molar-refractivity contribution in [3.05, 3.63) is 29.8 Å². The van der Waals surface area contributed by atoms with Gasteiger partial charge in [-0.15, -0.1) is 5.10 Å². The molecule has 0 aliphatic carbocycles. The van der Waals surface area contributed by atoms with Gasteiger partial charge in [0, 0.05) is 0 Å². The molecule has 7 nitrogen and oxygen atoms in total. The third-order valence-corrected chi connectivity index (χ3v) is 1.60. The van der Waals surface area contributed by atoms with Crippen molar-refractivity contribution in [1.82, 2.24) is 0 Å². The Morgan fingerprint density at radius 2 is 2.24 bits per heavy atom. The van der Waals surface area contributed by atoms with Crippen LogP contribution in [-0.4, -0.2) is 29.9 Å². The lowest BCUT2D eigenvalue weighted by Gasteiger charge is -2.02. The first-order chi connectivity index (χ1) is 8.08. The van der Waals surface area contributed by atoms with Crippen LogP contribution in [0, 0.1) is 0 Å². The van der Waals surface area contributed by atoms with Crippen LogP contribution in [0.2, 0.25) is 0 Å². The molecule has 0 radical (unpaired) electrons. The molecule has 0 aliphatic rings. The molecule has 0 unspecified atom stereocenters. The Bertz CT molecular complexity index is 453. The topological polar surface area (TPSA) is 123 Å². The standard InChI is InChI=1S/C10H12N4O3/c11-10(12)14-13-5-7-2-1-3-8(4-7)17-6-9(15)16/h1-5H,6H2,(H,15,16)(H4,11,12,14). The SMILES string of the molecule is NC(N)=NN=Cc1cccc(OCC(=O)O)c1. The molecule has 7 heteroatoms. The number of nitrogens with two attached hydrogens (primary N) is 2. The van der Waals surface area contributed by atoms with Gasteiger partial charge in [0.1, 0.15) is 5.75 Å². The third-order valence-electron chi connectivity index (χ3n) is 1.60. The van der Waals surface area contributed by atoms with Gasteiger partial charge >= 0.3 is 5.97 Å². The van der Waals surface area contributed by atoms with Crippen molar-refractivity contribution in [2.45, 2.75) is 0 Å². The summed E-state index contributed by atoms with van der Waals surface area (Å²) in [5.41, 5.74) is 10.9. The number of rotatable bonds is 5. The van der Waals surface area contributed by atoms with E-state index in [1.807, 2.05) is 0 Å². The molecule has 0 atom stereocenters. The van der Waals surface area contributed by atoms with Crippen molar-refractivity contribution < 1.29 is 14.6 Å². The predicted octanol–water partition coefficient (Wildman–Crippen LogP) is -0.243. The van der Waals surface area contributed by atoms with Crippen molar-refractivity contribution in [3.8, 4) is 5.75 Å². The van der Waals surface area contributed by atoms with Crippen LogP contribution in [0.1, 0.15) is 5.56 Å². The maximum atomic E-state index is 10.3. The molecule has 0 heterocycles. The van der Waals surface area contributed by atoms with E-state index < -0.39 is 12.6 Å². The van der Waals surface area contributed by atoms with Crippen molar-refractivity contribution in [2.75, 3.05) is 6.61 Å². The maximum absolute atomic E-state index is 10.3. The summed E-state index contributed by atoms with van der Waals surface area (Å²) in [5, 5.41) is 15.5. The smallest absolute Gasteiger partial charge is 0.341 e. The first-order valence-corrected chi connectivity index (χ1v) is 4.64. The van der Waals surface area contributed by atoms with E-state index in [0.29, 0.717) is 11.3 Å². The number of hydrogen-bond donors (Lipinski definition) is 3. The normalized spacial score (nSPS) is 10.1. The van der Waals surface area contributed by atoms with E-state index in [4.69, 9.17) is 21.3 Å². The van der Waals surface area contributed by atoms with Crippen LogP contribution in [0.25, 0.3) is 0 Å². The number of hydrogen-bond acceptors (Lipinski definition) is 4. The highest BCUT2D eigenvalue weighted by Gasteiger charge is 1.99. The Balaban J connectivity index is 2.68. The summed E-state index contributed by atoms with van der Waals surface area (Å²) in [5.74, 6) is -0.745. The maximum Gasteiger partial charge on any atom is 0.341 e. The van der Waals surface area contributed by atoms with E-state index in [9.17, 15) is 4.79 Å². The first-order valence-electron chi connectivity index (χ1n) is 4.64. The minimum absolute atomic E-state index is 0.139. The number of carboxylic acids is 1. The largest absolute Gasteiger partial charge is 0.482 e. The molecular formula is C10H12N4O3. The number of guanidine groups is 1. The van der Waals surface area contributed by atoms with Crippen LogP contribution in [0.3, 0.4) is 0 Å². The molecule has 1 aromatic rings. The molecule has 17 heavy (non-hydrogen) atoms. The van der Waals surface area contributed by atoms with Crippen LogP contribution in [0.5, 0.6) is 5.75 Å². The zero-order chi connectivity index (χ0) is 12.7. The Morgan fingerprint density at radius 3 is 2.88 bits per heavy atom. The molecule has 1 aromatic carbocycles. The summed E-state index contributed by atoms with van der Waals surface area (Å²) >= 11 is 0. The summed E-state index contributed by atoms with van der Waals surface area (Å²) in [4.78, 5) is 10.3. The highest BCUT2D eigenvalue weighted by Crippen LogP contribution is 2.11. The van der Waals surface area contributed by atoms with Gasteiger partial charge in [-0.2, -0.15) is 5.10 Å². The Labute approximate surface area is 97.4 Å². The summed E-state index contributed by atoms with van der Waals surface area (Å²) in [6, 6.07) is 6.71. The van der Waals surface area contributed by atoms with Gasteiger partial charge in [-0.25, -0.2) is 4.79 Å². The molecule has 0 spiro atoms.